The molecule has 6 aromatic rings. The molecule has 0 amide bonds. The number of fused-ring (bicyclic) bond motifs is 5. The van der Waals surface area contributed by atoms with Crippen molar-refractivity contribution in [1.82, 2.24) is 9.55 Å². The summed E-state index contributed by atoms with van der Waals surface area (Å²) < 4.78 is 24.2. The highest BCUT2D eigenvalue weighted by Gasteiger charge is 2.50. The Bertz CT molecular complexity index is 2140. The van der Waals surface area contributed by atoms with Gasteiger partial charge in [0.25, 0.3) is 5.79 Å². The van der Waals surface area contributed by atoms with Gasteiger partial charge >= 0.3 is 0 Å². The Labute approximate surface area is 278 Å². The van der Waals surface area contributed by atoms with E-state index in [4.69, 9.17) is 33.9 Å². The monoisotopic (exact) mass is 632 g/mol. The van der Waals surface area contributed by atoms with Crippen LogP contribution in [0.5, 0.6) is 23.0 Å². The Morgan fingerprint density at radius 3 is 1.35 bits per heavy atom. The van der Waals surface area contributed by atoms with Crippen LogP contribution in [0.15, 0.2) is 131 Å². The Morgan fingerprint density at radius 2 is 0.896 bits per heavy atom. The number of imidazole rings is 1. The molecule has 2 aliphatic heterocycles. The Balaban J connectivity index is 1.44. The normalized spacial score (nSPS) is 13.8. The van der Waals surface area contributed by atoms with Gasteiger partial charge in [-0.1, -0.05) is 24.3 Å². The fourth-order valence-corrected chi connectivity index (χ4v) is 6.52. The van der Waals surface area contributed by atoms with Crippen LogP contribution < -0.4 is 18.9 Å². The van der Waals surface area contributed by atoms with Gasteiger partial charge in [-0.25, -0.2) is 15.0 Å². The molecule has 0 fully saturated rings. The van der Waals surface area contributed by atoms with E-state index in [2.05, 4.69) is 28.8 Å². The maximum atomic E-state index is 5.60. The van der Waals surface area contributed by atoms with E-state index in [0.717, 1.165) is 85.0 Å². The predicted molar refractivity (Wildman–Crippen MR) is 188 cm³/mol. The lowest BCUT2D eigenvalue weighted by atomic mass is 10.00. The third-order valence-electron chi connectivity index (χ3n) is 8.93. The quantitative estimate of drug-likeness (QED) is 0.171. The summed E-state index contributed by atoms with van der Waals surface area (Å²) in [5, 5.41) is 0. The Hall–Kier alpha value is -6.15. The fraction of sp³-hybridized carbons (Fsp3) is 0.125. The van der Waals surface area contributed by atoms with Crippen molar-refractivity contribution in [3.8, 4) is 56.9 Å². The van der Waals surface area contributed by atoms with E-state index >= 15 is 0 Å². The number of aliphatic imine (C=N–C) groups is 2. The van der Waals surface area contributed by atoms with Crippen LogP contribution in [0.1, 0.15) is 16.7 Å². The van der Waals surface area contributed by atoms with Crippen LogP contribution in [0.2, 0.25) is 0 Å². The van der Waals surface area contributed by atoms with Crippen molar-refractivity contribution in [2.45, 2.75) is 5.79 Å². The molecule has 8 nitrogen and oxygen atoms in total. The lowest BCUT2D eigenvalue weighted by Gasteiger charge is -2.24. The standard InChI is InChI=1S/C40H32N4O4/c1-45-29-17-9-25(10-18-29)35-36(26-11-19-30(46-2)20-12-26)43-40(42-35)34-8-6-5-7-33(34)39-41-37(27-13-21-31(47-3)22-14-27)38(44(39)40)28-15-23-32(48-4)24-16-28/h5-24H,1-4H3. The zero-order valence-electron chi connectivity index (χ0n) is 27.0. The number of hydrogen-bond acceptors (Lipinski definition) is 7. The van der Waals surface area contributed by atoms with Crippen molar-refractivity contribution < 1.29 is 18.9 Å². The minimum absolute atomic E-state index is 0.768. The average molecular weight is 633 g/mol. The second-order valence-corrected chi connectivity index (χ2v) is 11.5. The van der Waals surface area contributed by atoms with E-state index < -0.39 is 5.79 Å². The molecule has 236 valence electrons. The lowest BCUT2D eigenvalue weighted by molar-refractivity contribution is 0.414. The molecule has 48 heavy (non-hydrogen) atoms. The van der Waals surface area contributed by atoms with Gasteiger partial charge in [0.1, 0.15) is 28.8 Å². The summed E-state index contributed by atoms with van der Waals surface area (Å²) in [6.07, 6.45) is 0. The van der Waals surface area contributed by atoms with Gasteiger partial charge in [-0.3, -0.25) is 4.57 Å². The average Bonchev–Trinajstić information content (AvgIpc) is 3.83. The first kappa shape index (κ1) is 29.3. The highest BCUT2D eigenvalue weighted by molar-refractivity contribution is 6.54. The van der Waals surface area contributed by atoms with Crippen molar-refractivity contribution in [2.24, 2.45) is 9.98 Å². The van der Waals surface area contributed by atoms with Gasteiger partial charge in [-0.05, 0) is 97.1 Å². The Kier molecular flexibility index (Phi) is 7.06. The van der Waals surface area contributed by atoms with Gasteiger partial charge < -0.3 is 18.9 Å². The molecule has 0 saturated heterocycles. The molecule has 0 radical (unpaired) electrons. The molecular weight excluding hydrogens is 600 g/mol. The molecule has 1 aromatic heterocycles. The third-order valence-corrected chi connectivity index (χ3v) is 8.93. The van der Waals surface area contributed by atoms with E-state index in [1.807, 2.05) is 97.1 Å². The van der Waals surface area contributed by atoms with Gasteiger partial charge in [-0.15, -0.1) is 0 Å². The van der Waals surface area contributed by atoms with Crippen molar-refractivity contribution in [3.63, 3.8) is 0 Å². The van der Waals surface area contributed by atoms with Crippen LogP contribution >= 0.6 is 0 Å². The summed E-state index contributed by atoms with van der Waals surface area (Å²) in [5.41, 5.74) is 8.95. The molecule has 3 heterocycles. The molecule has 0 N–H and O–H groups in total. The van der Waals surface area contributed by atoms with Crippen LogP contribution in [-0.2, 0) is 5.79 Å². The van der Waals surface area contributed by atoms with Gasteiger partial charge in [0.15, 0.2) is 0 Å². The number of benzene rings is 5. The molecule has 0 bridgehead atoms. The first-order chi connectivity index (χ1) is 23.6. The lowest BCUT2D eigenvalue weighted by Crippen LogP contribution is -2.26. The smallest absolute Gasteiger partial charge is 0.262 e. The van der Waals surface area contributed by atoms with E-state index in [1.165, 1.54) is 0 Å². The molecule has 8 rings (SSSR count). The summed E-state index contributed by atoms with van der Waals surface area (Å²) in [5.74, 6) is 2.71. The minimum atomic E-state index is -1.16. The van der Waals surface area contributed by atoms with Gasteiger partial charge in [0, 0.05) is 33.4 Å². The number of methoxy groups -OCH3 is 4. The van der Waals surface area contributed by atoms with Crippen LogP contribution in [0, 0.1) is 0 Å². The molecule has 1 spiro atoms. The molecule has 8 heteroatoms. The molecule has 5 aromatic carbocycles. The molecule has 2 aliphatic rings. The SMILES string of the molecule is COc1ccc(C2=NC3(N=C2c2ccc(OC)cc2)c2ccccc2-c2nc(-c4ccc(OC)cc4)c(-c4ccc(OC)cc4)n23)cc1. The predicted octanol–water partition coefficient (Wildman–Crippen LogP) is 7.88. The summed E-state index contributed by atoms with van der Waals surface area (Å²) in [7, 11) is 6.67. The first-order valence-corrected chi connectivity index (χ1v) is 15.6. The molecule has 0 unspecified atom stereocenters. The Morgan fingerprint density at radius 1 is 0.479 bits per heavy atom. The highest BCUT2D eigenvalue weighted by atomic mass is 16.5. The second kappa shape index (κ2) is 11.6. The van der Waals surface area contributed by atoms with Crippen LogP contribution in [0.25, 0.3) is 33.9 Å². The number of rotatable bonds is 8. The summed E-state index contributed by atoms with van der Waals surface area (Å²) >= 11 is 0. The molecule has 0 saturated carbocycles. The van der Waals surface area contributed by atoms with Crippen molar-refractivity contribution in [3.05, 3.63) is 138 Å². The number of hydrogen-bond donors (Lipinski definition) is 0. The van der Waals surface area contributed by atoms with Gasteiger partial charge in [0.05, 0.1) is 51.3 Å². The van der Waals surface area contributed by atoms with E-state index in [0.29, 0.717) is 0 Å². The maximum Gasteiger partial charge on any atom is 0.262 e. The zero-order valence-corrected chi connectivity index (χ0v) is 27.0. The van der Waals surface area contributed by atoms with Crippen molar-refractivity contribution in [2.75, 3.05) is 28.4 Å². The highest BCUT2D eigenvalue weighted by Crippen LogP contribution is 2.53. The number of aromatic nitrogens is 2. The summed E-state index contributed by atoms with van der Waals surface area (Å²) in [6.45, 7) is 0. The third kappa shape index (κ3) is 4.56. The van der Waals surface area contributed by atoms with E-state index in [9.17, 15) is 0 Å². The van der Waals surface area contributed by atoms with Gasteiger partial charge in [-0.2, -0.15) is 0 Å². The molecule has 0 atom stereocenters. The van der Waals surface area contributed by atoms with Crippen LogP contribution in [0.3, 0.4) is 0 Å². The van der Waals surface area contributed by atoms with Crippen LogP contribution in [0.4, 0.5) is 0 Å². The first-order valence-electron chi connectivity index (χ1n) is 15.6. The second-order valence-electron chi connectivity index (χ2n) is 11.5. The van der Waals surface area contributed by atoms with Crippen LogP contribution in [-0.4, -0.2) is 49.4 Å². The van der Waals surface area contributed by atoms with Crippen molar-refractivity contribution in [1.29, 1.82) is 0 Å². The largest absolute Gasteiger partial charge is 0.497 e. The van der Waals surface area contributed by atoms with E-state index in [-0.39, 0.29) is 0 Å². The van der Waals surface area contributed by atoms with Gasteiger partial charge in [0.2, 0.25) is 0 Å². The topological polar surface area (TPSA) is 79.5 Å². The maximum absolute atomic E-state index is 5.60. The summed E-state index contributed by atoms with van der Waals surface area (Å²) in [6, 6.07) is 40.2. The molecular formula is C40H32N4O4. The fourth-order valence-electron chi connectivity index (χ4n) is 6.52. The molecule has 0 aliphatic carbocycles. The van der Waals surface area contributed by atoms with E-state index in [1.54, 1.807) is 28.4 Å². The number of ether oxygens (including phenoxy) is 4. The number of nitrogens with zero attached hydrogens (tertiary/aromatic N) is 4. The zero-order chi connectivity index (χ0) is 32.8. The van der Waals surface area contributed by atoms with Crippen molar-refractivity contribution >= 4 is 11.4 Å². The minimum Gasteiger partial charge on any atom is -0.497 e. The summed E-state index contributed by atoms with van der Waals surface area (Å²) in [4.78, 5) is 16.6.